The van der Waals surface area contributed by atoms with Gasteiger partial charge in [-0.05, 0) is 0 Å². The van der Waals surface area contributed by atoms with E-state index < -0.39 is 0 Å². The van der Waals surface area contributed by atoms with Gasteiger partial charge < -0.3 is 5.32 Å². The standard InChI is InChI=1S/C6H14N.Es/c1-5(2)7-6(3)4;/h5-6H,1-4H3;/q-1;. The van der Waals surface area contributed by atoms with Gasteiger partial charge in [-0.3, -0.25) is 0 Å². The zero-order valence-corrected chi connectivity index (χ0v) is 8.41. The molecule has 0 amide bonds. The molecule has 1 radical (unpaired) electrons. The molecular weight excluding hydrogens is 338 g/mol. The Bertz CT molecular complexity index is 37.8. The van der Waals surface area contributed by atoms with Crippen LogP contribution in [0.4, 0.5) is 0 Å². The first-order chi connectivity index (χ1) is 3.13. The van der Waals surface area contributed by atoms with Crippen molar-refractivity contribution < 1.29 is 0 Å². The van der Waals surface area contributed by atoms with Crippen LogP contribution in [0, 0.1) is 0 Å². The SMILES string of the molecule is CC(C)[N-]C(C)C.[Es]. The Balaban J connectivity index is 0. The van der Waals surface area contributed by atoms with Gasteiger partial charge in [-0.1, -0.05) is 27.7 Å². The number of rotatable bonds is 2. The van der Waals surface area contributed by atoms with E-state index in [4.69, 9.17) is 0 Å². The summed E-state index contributed by atoms with van der Waals surface area (Å²) in [5, 5.41) is 4.28. The minimum absolute atomic E-state index is 0. The van der Waals surface area contributed by atoms with Gasteiger partial charge in [0.15, 0.2) is 0 Å². The van der Waals surface area contributed by atoms with Crippen molar-refractivity contribution in [2.24, 2.45) is 0 Å². The van der Waals surface area contributed by atoms with Crippen molar-refractivity contribution in [2.45, 2.75) is 39.8 Å². The van der Waals surface area contributed by atoms with Crippen molar-refractivity contribution in [1.82, 2.24) is 0 Å². The molecule has 0 heterocycles. The predicted molar refractivity (Wildman–Crippen MR) is 33.6 cm³/mol. The molecule has 1 nitrogen and oxygen atoms in total. The molecule has 0 N–H and O–H groups in total. The van der Waals surface area contributed by atoms with Crippen molar-refractivity contribution in [3.05, 3.63) is 5.32 Å². The molecule has 0 saturated carbocycles. The molecule has 0 unspecified atom stereocenters. The molecule has 0 aromatic carbocycles. The van der Waals surface area contributed by atoms with Crippen LogP contribution in [0.5, 0.6) is 0 Å². The second kappa shape index (κ2) is 4.13. The van der Waals surface area contributed by atoms with E-state index in [0.29, 0.717) is 12.1 Å². The maximum atomic E-state index is 4.28. The van der Waals surface area contributed by atoms with Gasteiger partial charge in [-0.25, -0.2) is 0 Å². The van der Waals surface area contributed by atoms with E-state index in [-0.39, 0.29) is 0 Å². The Morgan fingerprint density at radius 1 is 0.875 bits per heavy atom. The first-order valence-corrected chi connectivity index (χ1v) is 2.83. The molecule has 0 fully saturated rings. The largest absolute Gasteiger partial charge is 0.658 e. The van der Waals surface area contributed by atoms with Crippen LogP contribution < -0.4 is 0 Å². The maximum absolute atomic E-state index is 4.28. The van der Waals surface area contributed by atoms with Gasteiger partial charge in [0.25, 0.3) is 0 Å². The van der Waals surface area contributed by atoms with Crippen LogP contribution in [0.25, 0.3) is 5.32 Å². The fraction of sp³-hybridized carbons (Fsp3) is 1.00. The third-order valence-electron chi connectivity index (χ3n) is 0.596. The summed E-state index contributed by atoms with van der Waals surface area (Å²) >= 11 is 0. The number of hydrogen-bond acceptors (Lipinski definition) is 0. The number of hydrogen-bond donors (Lipinski definition) is 0. The molecule has 0 spiro atoms. The Kier molecular flexibility index (Phi) is 5.19. The molecule has 0 aromatic rings. The average molecular weight is 352 g/mol. The molecule has 0 aromatic heterocycles. The summed E-state index contributed by atoms with van der Waals surface area (Å²) < 4.78 is 0. The molecular formula is C6H14EsN-. The molecule has 0 saturated heterocycles. The first kappa shape index (κ1) is 10.0. The van der Waals surface area contributed by atoms with Crippen molar-refractivity contribution in [3.63, 3.8) is 0 Å². The van der Waals surface area contributed by atoms with Gasteiger partial charge in [-0.15, -0.1) is 12.1 Å². The third kappa shape index (κ3) is 8.88. The minimum atomic E-state index is 0. The molecule has 0 aliphatic rings. The van der Waals surface area contributed by atoms with E-state index in [9.17, 15) is 0 Å². The summed E-state index contributed by atoms with van der Waals surface area (Å²) in [5.41, 5.74) is 0. The van der Waals surface area contributed by atoms with Crippen LogP contribution in [-0.2, 0) is 0 Å². The molecule has 0 bridgehead atoms. The van der Waals surface area contributed by atoms with Crippen LogP contribution in [0.2, 0.25) is 0 Å². The van der Waals surface area contributed by atoms with Gasteiger partial charge in [0.05, 0.1) is 0 Å². The van der Waals surface area contributed by atoms with Crippen LogP contribution in [0.15, 0.2) is 0 Å². The normalized spacial score (nSPS) is 9.75. The Morgan fingerprint density at radius 3 is 1.12 bits per heavy atom. The zero-order valence-electron chi connectivity index (χ0n) is 5.90. The molecule has 0 aliphatic carbocycles. The van der Waals surface area contributed by atoms with Crippen LogP contribution in [0.3, 0.4) is 0 Å². The van der Waals surface area contributed by atoms with Crippen molar-refractivity contribution in [1.29, 1.82) is 0 Å². The summed E-state index contributed by atoms with van der Waals surface area (Å²) in [7, 11) is 0. The van der Waals surface area contributed by atoms with E-state index in [2.05, 4.69) is 33.0 Å². The van der Waals surface area contributed by atoms with Gasteiger partial charge in [0.2, 0.25) is 0 Å². The second-order valence-electron chi connectivity index (χ2n) is 2.34. The smallest absolute Gasteiger partial charge is 0 e. The molecule has 2 heteroatoms. The van der Waals surface area contributed by atoms with Crippen LogP contribution >= 0.6 is 0 Å². The first-order valence-electron chi connectivity index (χ1n) is 2.83. The Labute approximate surface area is 46.1 Å². The van der Waals surface area contributed by atoms with Crippen molar-refractivity contribution in [2.75, 3.05) is 0 Å². The summed E-state index contributed by atoms with van der Waals surface area (Å²) in [6.07, 6.45) is 0. The van der Waals surface area contributed by atoms with E-state index in [0.717, 1.165) is 0 Å². The molecule has 55 valence electrons. The van der Waals surface area contributed by atoms with E-state index in [1.165, 1.54) is 0 Å². The molecule has 0 rings (SSSR count). The monoisotopic (exact) mass is 352 g/mol. The zero-order chi connectivity index (χ0) is 5.86. The second-order valence-corrected chi connectivity index (χ2v) is 2.34. The maximum Gasteiger partial charge on any atom is 0 e. The topological polar surface area (TPSA) is 14.1 Å². The minimum Gasteiger partial charge on any atom is -0.658 e. The van der Waals surface area contributed by atoms with Crippen molar-refractivity contribution in [3.8, 4) is 0 Å². The molecule has 8 heavy (non-hydrogen) atoms. The third-order valence-corrected chi connectivity index (χ3v) is 0.596. The van der Waals surface area contributed by atoms with Gasteiger partial charge in [0.1, 0.15) is 0 Å². The number of nitrogens with zero attached hydrogens (tertiary/aromatic N) is 1. The fourth-order valence-corrected chi connectivity index (χ4v) is 0.596. The molecule has 0 aliphatic heterocycles. The van der Waals surface area contributed by atoms with Crippen LogP contribution in [-0.4, -0.2) is 12.1 Å². The van der Waals surface area contributed by atoms with Gasteiger partial charge >= 0.3 is 0 Å². The van der Waals surface area contributed by atoms with Gasteiger partial charge in [0, 0.05) is 0 Å². The summed E-state index contributed by atoms with van der Waals surface area (Å²) in [6, 6.07) is 1.000. The predicted octanol–water partition coefficient (Wildman–Crippen LogP) is 2.18. The van der Waals surface area contributed by atoms with Crippen molar-refractivity contribution >= 4 is 0 Å². The Hall–Kier alpha value is -1.04. The molecule has 0 atom stereocenters. The fourth-order valence-electron chi connectivity index (χ4n) is 0.596. The average Bonchev–Trinajstić information content (AvgIpc) is 1.27. The van der Waals surface area contributed by atoms with Crippen LogP contribution in [0.1, 0.15) is 27.7 Å². The Morgan fingerprint density at radius 2 is 1.12 bits per heavy atom. The summed E-state index contributed by atoms with van der Waals surface area (Å²) in [4.78, 5) is 0. The summed E-state index contributed by atoms with van der Waals surface area (Å²) in [6.45, 7) is 8.39. The quantitative estimate of drug-likeness (QED) is 0.724. The van der Waals surface area contributed by atoms with E-state index in [1.807, 2.05) is 0 Å². The van der Waals surface area contributed by atoms with Gasteiger partial charge in [-0.2, -0.15) is 0 Å². The van der Waals surface area contributed by atoms with E-state index in [1.54, 1.807) is 0 Å². The van der Waals surface area contributed by atoms with E-state index >= 15 is 0 Å². The summed E-state index contributed by atoms with van der Waals surface area (Å²) in [5.74, 6) is 0.